The Morgan fingerprint density at radius 1 is 0.848 bits per heavy atom. The number of rotatable bonds is 18. The summed E-state index contributed by atoms with van der Waals surface area (Å²) in [5.41, 5.74) is 0. The fourth-order valence-corrected chi connectivity index (χ4v) is 3.78. The number of esters is 1. The van der Waals surface area contributed by atoms with Crippen LogP contribution in [0.4, 0.5) is 0 Å². The molecule has 0 saturated carbocycles. The topological polar surface area (TPSA) is 146 Å². The average Bonchev–Trinajstić information content (AvgIpc) is 2.79. The Hall–Kier alpha value is -0.810. The van der Waals surface area contributed by atoms with Crippen LogP contribution in [0.25, 0.3) is 0 Å². The van der Waals surface area contributed by atoms with Crippen molar-refractivity contribution in [2.75, 3.05) is 19.8 Å². The smallest absolute Gasteiger partial charge is 0.305 e. The van der Waals surface area contributed by atoms with E-state index in [4.69, 9.17) is 19.3 Å². The zero-order chi connectivity index (χ0) is 24.6. The van der Waals surface area contributed by atoms with Gasteiger partial charge in [-0.05, 0) is 12.3 Å². The summed E-state index contributed by atoms with van der Waals surface area (Å²) in [6, 6.07) is 0. The number of aliphatic hydroxyl groups is 5. The summed E-state index contributed by atoms with van der Waals surface area (Å²) >= 11 is 0. The van der Waals surface area contributed by atoms with E-state index in [9.17, 15) is 25.2 Å². The molecule has 196 valence electrons. The molecule has 1 heterocycles. The predicted octanol–water partition coefficient (Wildman–Crippen LogP) is 1.65. The van der Waals surface area contributed by atoms with Crippen molar-refractivity contribution in [3.8, 4) is 0 Å². The van der Waals surface area contributed by atoms with Gasteiger partial charge in [-0.3, -0.25) is 4.79 Å². The van der Waals surface area contributed by atoms with Crippen molar-refractivity contribution >= 4 is 5.97 Å². The van der Waals surface area contributed by atoms with Gasteiger partial charge in [0.05, 0.1) is 13.2 Å². The normalized spacial score (nSPS) is 26.5. The molecular weight excluding hydrogens is 432 g/mol. The Morgan fingerprint density at radius 3 is 2.00 bits per heavy atom. The molecule has 6 atom stereocenters. The lowest BCUT2D eigenvalue weighted by Crippen LogP contribution is -2.59. The Morgan fingerprint density at radius 2 is 1.42 bits per heavy atom. The molecule has 0 aromatic rings. The zero-order valence-electron chi connectivity index (χ0n) is 20.3. The number of aliphatic hydroxyl groups excluding tert-OH is 5. The molecule has 0 aliphatic carbocycles. The van der Waals surface area contributed by atoms with Gasteiger partial charge in [0, 0.05) is 6.42 Å². The number of hydrogen-bond donors (Lipinski definition) is 5. The van der Waals surface area contributed by atoms with Gasteiger partial charge in [-0.1, -0.05) is 71.6 Å². The van der Waals surface area contributed by atoms with E-state index in [2.05, 4.69) is 13.8 Å². The molecule has 1 aliphatic rings. The minimum absolute atomic E-state index is 0.257. The minimum Gasteiger partial charge on any atom is -0.463 e. The van der Waals surface area contributed by atoms with E-state index in [0.717, 1.165) is 25.2 Å². The van der Waals surface area contributed by atoms with Crippen LogP contribution in [0.1, 0.15) is 84.5 Å². The third kappa shape index (κ3) is 13.0. The maximum atomic E-state index is 11.8. The molecule has 33 heavy (non-hydrogen) atoms. The first-order valence-corrected chi connectivity index (χ1v) is 12.5. The second kappa shape index (κ2) is 17.6. The van der Waals surface area contributed by atoms with Crippen LogP contribution in [0.3, 0.4) is 0 Å². The molecule has 1 fully saturated rings. The fraction of sp³-hybridized carbons (Fsp3) is 0.958. The summed E-state index contributed by atoms with van der Waals surface area (Å²) in [6.07, 6.45) is 4.01. The van der Waals surface area contributed by atoms with Crippen LogP contribution in [0.5, 0.6) is 0 Å². The number of unbranched alkanes of at least 4 members (excludes halogenated alkanes) is 8. The maximum Gasteiger partial charge on any atom is 0.305 e. The van der Waals surface area contributed by atoms with Gasteiger partial charge in [0.15, 0.2) is 6.29 Å². The van der Waals surface area contributed by atoms with Gasteiger partial charge in [0.25, 0.3) is 0 Å². The van der Waals surface area contributed by atoms with Crippen LogP contribution >= 0.6 is 0 Å². The molecule has 0 aromatic heterocycles. The van der Waals surface area contributed by atoms with Crippen LogP contribution in [0.15, 0.2) is 0 Å². The van der Waals surface area contributed by atoms with Gasteiger partial charge in [0.2, 0.25) is 0 Å². The van der Waals surface area contributed by atoms with Crippen molar-refractivity contribution in [1.29, 1.82) is 0 Å². The van der Waals surface area contributed by atoms with Crippen molar-refractivity contribution in [3.05, 3.63) is 0 Å². The molecule has 0 bridgehead atoms. The Kier molecular flexibility index (Phi) is 16.1. The summed E-state index contributed by atoms with van der Waals surface area (Å²) in [7, 11) is 0. The molecule has 1 saturated heterocycles. The highest BCUT2D eigenvalue weighted by Gasteiger charge is 2.44. The van der Waals surface area contributed by atoms with Crippen molar-refractivity contribution in [2.24, 2.45) is 5.92 Å². The molecular formula is C24H46O9. The second-order valence-electron chi connectivity index (χ2n) is 9.48. The summed E-state index contributed by atoms with van der Waals surface area (Å²) in [5, 5.41) is 48.4. The summed E-state index contributed by atoms with van der Waals surface area (Å²) in [5.74, 6) is 0.414. The van der Waals surface area contributed by atoms with E-state index in [1.54, 1.807) is 0 Å². The van der Waals surface area contributed by atoms with E-state index >= 15 is 0 Å². The molecule has 1 rings (SSSR count). The number of carbonyl (C=O) groups is 1. The highest BCUT2D eigenvalue weighted by atomic mass is 16.7. The van der Waals surface area contributed by atoms with Crippen molar-refractivity contribution in [2.45, 2.75) is 121 Å². The summed E-state index contributed by atoms with van der Waals surface area (Å²) in [6.45, 7) is 3.39. The van der Waals surface area contributed by atoms with Gasteiger partial charge < -0.3 is 39.7 Å². The first-order chi connectivity index (χ1) is 15.8. The van der Waals surface area contributed by atoms with Crippen LogP contribution in [-0.2, 0) is 19.0 Å². The molecule has 1 aliphatic heterocycles. The Bertz CT molecular complexity index is 500. The van der Waals surface area contributed by atoms with Gasteiger partial charge in [-0.2, -0.15) is 0 Å². The van der Waals surface area contributed by atoms with E-state index in [1.807, 2.05) is 0 Å². The van der Waals surface area contributed by atoms with E-state index < -0.39 is 43.4 Å². The van der Waals surface area contributed by atoms with Crippen LogP contribution in [0, 0.1) is 5.92 Å². The molecule has 6 unspecified atom stereocenters. The van der Waals surface area contributed by atoms with Crippen LogP contribution in [-0.4, -0.2) is 88.1 Å². The van der Waals surface area contributed by atoms with Crippen LogP contribution in [0.2, 0.25) is 0 Å². The quantitative estimate of drug-likeness (QED) is 0.147. The predicted molar refractivity (Wildman–Crippen MR) is 122 cm³/mol. The lowest BCUT2D eigenvalue weighted by molar-refractivity contribution is -0.305. The lowest BCUT2D eigenvalue weighted by Gasteiger charge is -2.39. The van der Waals surface area contributed by atoms with Gasteiger partial charge >= 0.3 is 5.97 Å². The summed E-state index contributed by atoms with van der Waals surface area (Å²) < 4.78 is 15.5. The van der Waals surface area contributed by atoms with E-state index in [-0.39, 0.29) is 19.2 Å². The third-order valence-electron chi connectivity index (χ3n) is 5.90. The summed E-state index contributed by atoms with van der Waals surface area (Å²) in [4.78, 5) is 11.8. The molecule has 0 aromatic carbocycles. The minimum atomic E-state index is -1.55. The highest BCUT2D eigenvalue weighted by molar-refractivity contribution is 5.69. The van der Waals surface area contributed by atoms with E-state index in [0.29, 0.717) is 6.42 Å². The average molecular weight is 479 g/mol. The van der Waals surface area contributed by atoms with Crippen molar-refractivity contribution in [1.82, 2.24) is 0 Å². The number of hydrogen-bond acceptors (Lipinski definition) is 9. The third-order valence-corrected chi connectivity index (χ3v) is 5.90. The SMILES string of the molecule is CC(C)CCCCCCCCCCCC(=O)OCC(O)COC1OC(CO)C(O)C(O)C1O. The van der Waals surface area contributed by atoms with E-state index in [1.165, 1.54) is 44.9 Å². The monoisotopic (exact) mass is 478 g/mol. The first kappa shape index (κ1) is 30.2. The number of carbonyl (C=O) groups excluding carboxylic acids is 1. The van der Waals surface area contributed by atoms with Crippen LogP contribution < -0.4 is 0 Å². The van der Waals surface area contributed by atoms with Gasteiger partial charge in [0.1, 0.15) is 37.1 Å². The standard InChI is InChI=1S/C24H46O9/c1-17(2)12-10-8-6-4-3-5-7-9-11-13-20(27)31-15-18(26)16-32-24-23(30)22(29)21(28)19(14-25)33-24/h17-19,21-26,28-30H,3-16H2,1-2H3. The second-order valence-corrected chi connectivity index (χ2v) is 9.48. The molecule has 0 amide bonds. The molecule has 0 spiro atoms. The van der Waals surface area contributed by atoms with Crippen molar-refractivity contribution in [3.63, 3.8) is 0 Å². The van der Waals surface area contributed by atoms with Gasteiger partial charge in [-0.25, -0.2) is 0 Å². The molecule has 0 radical (unpaired) electrons. The maximum absolute atomic E-state index is 11.8. The van der Waals surface area contributed by atoms with Crippen molar-refractivity contribution < 1.29 is 44.5 Å². The lowest BCUT2D eigenvalue weighted by atomic mass is 9.99. The zero-order valence-corrected chi connectivity index (χ0v) is 20.3. The first-order valence-electron chi connectivity index (χ1n) is 12.5. The molecule has 9 nitrogen and oxygen atoms in total. The Labute approximate surface area is 198 Å². The largest absolute Gasteiger partial charge is 0.463 e. The number of ether oxygens (including phenoxy) is 3. The molecule has 9 heteroatoms. The fourth-order valence-electron chi connectivity index (χ4n) is 3.78. The highest BCUT2D eigenvalue weighted by Crippen LogP contribution is 2.22. The molecule has 5 N–H and O–H groups in total. The Balaban J connectivity index is 2.02. The van der Waals surface area contributed by atoms with Gasteiger partial charge in [-0.15, -0.1) is 0 Å².